The van der Waals surface area contributed by atoms with Gasteiger partial charge in [-0.25, -0.2) is 0 Å². The molecule has 0 atom stereocenters. The van der Waals surface area contributed by atoms with Crippen molar-refractivity contribution in [2.75, 3.05) is 0 Å². The van der Waals surface area contributed by atoms with Crippen LogP contribution in [0.4, 0.5) is 5.69 Å². The second kappa shape index (κ2) is 4.89. The van der Waals surface area contributed by atoms with Gasteiger partial charge in [0.25, 0.3) is 5.69 Å². The molecule has 0 saturated heterocycles. The van der Waals surface area contributed by atoms with E-state index in [2.05, 4.69) is 10.2 Å². The van der Waals surface area contributed by atoms with Gasteiger partial charge in [-0.1, -0.05) is 0 Å². The number of nitrogens with one attached hydrogen (secondary N) is 1. The van der Waals surface area contributed by atoms with Crippen molar-refractivity contribution in [2.24, 2.45) is 0 Å². The minimum Gasteiger partial charge on any atom is -0.405 e. The Morgan fingerprint density at radius 1 is 1.37 bits per heavy atom. The van der Waals surface area contributed by atoms with E-state index in [0.717, 1.165) is 0 Å². The second-order valence-electron chi connectivity index (χ2n) is 3.93. The summed E-state index contributed by atoms with van der Waals surface area (Å²) in [6.45, 7) is 3.06. The number of aryl methyl sites for hydroxylation is 1. The smallest absolute Gasteiger partial charge is 0.309 e. The molecule has 0 aliphatic rings. The lowest BCUT2D eigenvalue weighted by Gasteiger charge is -2.03. The molecule has 0 saturated carbocycles. The lowest BCUT2D eigenvalue weighted by molar-refractivity contribution is -0.384. The van der Waals surface area contributed by atoms with Gasteiger partial charge in [-0.3, -0.25) is 20.0 Å². The van der Waals surface area contributed by atoms with Crippen LogP contribution in [-0.4, -0.2) is 21.1 Å². The zero-order valence-corrected chi connectivity index (χ0v) is 10.3. The van der Waals surface area contributed by atoms with E-state index < -0.39 is 10.9 Å². The first-order valence-electron chi connectivity index (χ1n) is 5.47. The largest absolute Gasteiger partial charge is 0.405 e. The predicted octanol–water partition coefficient (Wildman–Crippen LogP) is 2.22. The van der Waals surface area contributed by atoms with Gasteiger partial charge < -0.3 is 4.74 Å². The van der Waals surface area contributed by atoms with Gasteiger partial charge in [0.2, 0.25) is 5.88 Å². The summed E-state index contributed by atoms with van der Waals surface area (Å²) >= 11 is 0. The van der Waals surface area contributed by atoms with E-state index in [1.165, 1.54) is 19.1 Å². The molecule has 1 aromatic carbocycles. The zero-order valence-electron chi connectivity index (χ0n) is 10.3. The van der Waals surface area contributed by atoms with Crippen LogP contribution in [0.2, 0.25) is 0 Å². The highest BCUT2D eigenvalue weighted by Crippen LogP contribution is 2.32. The highest BCUT2D eigenvalue weighted by atomic mass is 16.6. The number of hydrogen-bond donors (Lipinski definition) is 1. The minimum absolute atomic E-state index is 0.000987. The molecule has 0 bridgehead atoms. The quantitative estimate of drug-likeness (QED) is 0.519. The molecule has 98 valence electrons. The van der Waals surface area contributed by atoms with E-state index >= 15 is 0 Å². The molecular formula is C12H11N3O4. The number of aromatic amines is 1. The number of nitrogens with zero attached hydrogens (tertiary/aromatic N) is 2. The highest BCUT2D eigenvalue weighted by molar-refractivity contribution is 5.76. The molecular weight excluding hydrogens is 250 g/mol. The van der Waals surface area contributed by atoms with Crippen molar-refractivity contribution < 1.29 is 14.5 Å². The molecule has 0 radical (unpaired) electrons. The number of nitro groups is 1. The Kier molecular flexibility index (Phi) is 3.28. The zero-order chi connectivity index (χ0) is 14.0. The number of aromatic nitrogens is 2. The summed E-state index contributed by atoms with van der Waals surface area (Å²) < 4.78 is 4.98. The van der Waals surface area contributed by atoms with Gasteiger partial charge >= 0.3 is 5.97 Å². The lowest BCUT2D eigenvalue weighted by Crippen LogP contribution is -2.02. The molecule has 2 rings (SSSR count). The van der Waals surface area contributed by atoms with Gasteiger partial charge in [0.1, 0.15) is 0 Å². The third-order valence-electron chi connectivity index (χ3n) is 2.52. The average molecular weight is 261 g/mol. The maximum absolute atomic E-state index is 11.0. The Bertz CT molecular complexity index is 631. The first-order chi connectivity index (χ1) is 8.99. The van der Waals surface area contributed by atoms with Gasteiger partial charge in [0.15, 0.2) is 0 Å². The SMILES string of the molecule is CC(=O)Oc1n[nH]c(C)c1-c1ccc([N+](=O)[O-])cc1. The number of rotatable bonds is 3. The van der Waals surface area contributed by atoms with Crippen LogP contribution in [0.15, 0.2) is 24.3 Å². The van der Waals surface area contributed by atoms with E-state index in [1.54, 1.807) is 19.1 Å². The van der Waals surface area contributed by atoms with Crippen molar-refractivity contribution in [3.8, 4) is 17.0 Å². The molecule has 2 aromatic rings. The Balaban J connectivity index is 2.43. The summed E-state index contributed by atoms with van der Waals surface area (Å²) in [4.78, 5) is 21.1. The fourth-order valence-electron chi connectivity index (χ4n) is 1.71. The standard InChI is InChI=1S/C12H11N3O4/c1-7-11(12(14-13-7)19-8(2)16)9-3-5-10(6-4-9)15(17)18/h3-6H,1-2H3,(H,13,14). The Morgan fingerprint density at radius 2 is 2.00 bits per heavy atom. The topological polar surface area (TPSA) is 98.1 Å². The molecule has 1 N–H and O–H groups in total. The second-order valence-corrected chi connectivity index (χ2v) is 3.93. The van der Waals surface area contributed by atoms with Crippen molar-refractivity contribution >= 4 is 11.7 Å². The van der Waals surface area contributed by atoms with Crippen molar-refractivity contribution in [3.05, 3.63) is 40.1 Å². The summed E-state index contributed by atoms with van der Waals surface area (Å²) in [6, 6.07) is 5.95. The maximum atomic E-state index is 11.0. The molecule has 7 heteroatoms. The molecule has 1 aromatic heterocycles. The highest BCUT2D eigenvalue weighted by Gasteiger charge is 2.16. The summed E-state index contributed by atoms with van der Waals surface area (Å²) in [5, 5.41) is 17.2. The van der Waals surface area contributed by atoms with Gasteiger partial charge in [0.05, 0.1) is 10.5 Å². The molecule has 0 aliphatic carbocycles. The third kappa shape index (κ3) is 2.59. The lowest BCUT2D eigenvalue weighted by atomic mass is 10.1. The summed E-state index contributed by atoms with van der Waals surface area (Å²) in [6.07, 6.45) is 0. The summed E-state index contributed by atoms with van der Waals surface area (Å²) in [5.74, 6) is -0.312. The molecule has 0 unspecified atom stereocenters. The normalized spacial score (nSPS) is 10.2. The van der Waals surface area contributed by atoms with Crippen LogP contribution in [-0.2, 0) is 4.79 Å². The first kappa shape index (κ1) is 12.7. The van der Waals surface area contributed by atoms with Crippen molar-refractivity contribution in [1.82, 2.24) is 10.2 Å². The van der Waals surface area contributed by atoms with Crippen molar-refractivity contribution in [2.45, 2.75) is 13.8 Å². The van der Waals surface area contributed by atoms with Crippen LogP contribution in [0.1, 0.15) is 12.6 Å². The summed E-state index contributed by atoms with van der Waals surface area (Å²) in [7, 11) is 0. The van der Waals surface area contributed by atoms with Crippen LogP contribution >= 0.6 is 0 Å². The van der Waals surface area contributed by atoms with E-state index in [0.29, 0.717) is 16.8 Å². The molecule has 1 heterocycles. The van der Waals surface area contributed by atoms with Gasteiger partial charge in [0, 0.05) is 24.8 Å². The predicted molar refractivity (Wildman–Crippen MR) is 66.7 cm³/mol. The van der Waals surface area contributed by atoms with Crippen molar-refractivity contribution in [3.63, 3.8) is 0 Å². The fourth-order valence-corrected chi connectivity index (χ4v) is 1.71. The first-order valence-corrected chi connectivity index (χ1v) is 5.47. The number of nitro benzene ring substituents is 1. The van der Waals surface area contributed by atoms with Gasteiger partial charge in [-0.05, 0) is 24.6 Å². The Hall–Kier alpha value is -2.70. The van der Waals surface area contributed by atoms with Gasteiger partial charge in [-0.15, -0.1) is 5.10 Å². The number of ether oxygens (including phenoxy) is 1. The summed E-state index contributed by atoms with van der Waals surface area (Å²) in [5.41, 5.74) is 2.02. The van der Waals surface area contributed by atoms with Crippen LogP contribution in [0.25, 0.3) is 11.1 Å². The van der Waals surface area contributed by atoms with E-state index in [9.17, 15) is 14.9 Å². The van der Waals surface area contributed by atoms with Crippen LogP contribution in [0.3, 0.4) is 0 Å². The molecule has 19 heavy (non-hydrogen) atoms. The van der Waals surface area contributed by atoms with E-state index in [4.69, 9.17) is 4.74 Å². The molecule has 0 aliphatic heterocycles. The third-order valence-corrected chi connectivity index (χ3v) is 2.52. The number of esters is 1. The average Bonchev–Trinajstić information content (AvgIpc) is 2.70. The number of carbonyl (C=O) groups is 1. The van der Waals surface area contributed by atoms with E-state index in [1.807, 2.05) is 0 Å². The fraction of sp³-hybridized carbons (Fsp3) is 0.167. The van der Waals surface area contributed by atoms with Crippen LogP contribution in [0.5, 0.6) is 5.88 Å². The van der Waals surface area contributed by atoms with Crippen molar-refractivity contribution in [1.29, 1.82) is 0 Å². The molecule has 0 fully saturated rings. The van der Waals surface area contributed by atoms with E-state index in [-0.39, 0.29) is 11.6 Å². The number of carbonyl (C=O) groups excluding carboxylic acids is 1. The van der Waals surface area contributed by atoms with Gasteiger partial charge in [-0.2, -0.15) is 0 Å². The molecule has 7 nitrogen and oxygen atoms in total. The molecule has 0 spiro atoms. The number of non-ortho nitro benzene ring substituents is 1. The monoisotopic (exact) mass is 261 g/mol. The van der Waals surface area contributed by atoms with Crippen LogP contribution < -0.4 is 4.74 Å². The minimum atomic E-state index is -0.477. The maximum Gasteiger partial charge on any atom is 0.309 e. The Labute approximate surface area is 108 Å². The molecule has 0 amide bonds. The Morgan fingerprint density at radius 3 is 2.53 bits per heavy atom. The number of H-pyrrole nitrogens is 1. The van der Waals surface area contributed by atoms with Crippen LogP contribution in [0, 0.1) is 17.0 Å². The number of hydrogen-bond acceptors (Lipinski definition) is 5. The number of benzene rings is 1.